The van der Waals surface area contributed by atoms with E-state index in [2.05, 4.69) is 65.0 Å². The number of methoxy groups -OCH3 is 2. The van der Waals surface area contributed by atoms with Gasteiger partial charge in [0.25, 0.3) is 0 Å². The molecule has 14 heteroatoms. The van der Waals surface area contributed by atoms with Gasteiger partial charge in [-0.2, -0.15) is 0 Å². The van der Waals surface area contributed by atoms with E-state index in [1.165, 1.54) is 14.2 Å². The number of carbonyl (C=O) groups excluding carboxylic acids is 4. The molecule has 8 atom stereocenters. The van der Waals surface area contributed by atoms with Gasteiger partial charge in [-0.3, -0.25) is 14.6 Å². The third kappa shape index (κ3) is 7.77. The Morgan fingerprint density at radius 3 is 2.08 bits per heavy atom. The maximum atomic E-state index is 14.2. The maximum absolute atomic E-state index is 14.2. The van der Waals surface area contributed by atoms with Crippen LogP contribution in [0.15, 0.2) is 53.7 Å². The quantitative estimate of drug-likeness (QED) is 0.135. The first-order chi connectivity index (χ1) is 29.8. The summed E-state index contributed by atoms with van der Waals surface area (Å²) >= 11 is 0. The minimum Gasteiger partial charge on any atom is -0.488 e. The van der Waals surface area contributed by atoms with E-state index in [-0.39, 0.29) is 47.8 Å². The molecule has 0 bridgehead atoms. The molecule has 5 heterocycles. The third-order valence-electron chi connectivity index (χ3n) is 13.9. The number of aromatic nitrogens is 2. The number of likely N-dealkylation sites (tertiary alicyclic amines) is 2. The summed E-state index contributed by atoms with van der Waals surface area (Å²) in [5.41, 5.74) is 8.03. The first kappa shape index (κ1) is 42.8. The highest BCUT2D eigenvalue weighted by Crippen LogP contribution is 2.45. The number of hydrogen-bond donors (Lipinski definition) is 3. The molecular formula is C48H59N7O7. The molecule has 0 spiro atoms. The second-order valence-corrected chi connectivity index (χ2v) is 17.6. The summed E-state index contributed by atoms with van der Waals surface area (Å²) in [6, 6.07) is 13.1. The van der Waals surface area contributed by atoms with Gasteiger partial charge in [-0.1, -0.05) is 58.7 Å². The molecule has 4 aliphatic heterocycles. The summed E-state index contributed by atoms with van der Waals surface area (Å²) in [5, 5.41) is 7.77. The zero-order valence-electron chi connectivity index (χ0n) is 37.0. The first-order valence-corrected chi connectivity index (χ1v) is 22.2. The highest BCUT2D eigenvalue weighted by molar-refractivity contribution is 6.06. The molecule has 1 unspecified atom stereocenters. The van der Waals surface area contributed by atoms with Crippen molar-refractivity contribution in [2.75, 3.05) is 14.2 Å². The number of benzene rings is 3. The van der Waals surface area contributed by atoms with Crippen molar-refractivity contribution in [2.24, 2.45) is 16.8 Å². The lowest BCUT2D eigenvalue weighted by Crippen LogP contribution is -2.55. The van der Waals surface area contributed by atoms with E-state index in [9.17, 15) is 19.2 Å². The summed E-state index contributed by atoms with van der Waals surface area (Å²) in [6.45, 7) is 12.5. The van der Waals surface area contributed by atoms with Crippen molar-refractivity contribution in [1.82, 2.24) is 30.4 Å². The number of aliphatic imine (C=N–C) groups is 1. The van der Waals surface area contributed by atoms with E-state index in [1.807, 2.05) is 50.6 Å². The van der Waals surface area contributed by atoms with Crippen LogP contribution in [0.2, 0.25) is 0 Å². The zero-order valence-corrected chi connectivity index (χ0v) is 37.0. The van der Waals surface area contributed by atoms with Gasteiger partial charge in [0, 0.05) is 29.8 Å². The van der Waals surface area contributed by atoms with Crippen LogP contribution < -0.4 is 15.4 Å². The SMILES string of the molecule is CC[C@H](C)C(NC(=O)OC)C(=O)N1[C@@H](C)CC[C@H]1c1ncc(-c2ccc3c(c2)COc2cc4c5c(ccc4cc2-3)N=C([C@@H]2CC[C@H](C)N2C(=O)[C@@H](NC(=O)OC)[C@@H](C)CC)C5)[nH]1. The normalized spacial score (nSPS) is 22.1. The van der Waals surface area contributed by atoms with E-state index in [1.54, 1.807) is 0 Å². The number of alkyl carbamates (subject to hydrolysis) is 2. The van der Waals surface area contributed by atoms with Crippen LogP contribution in [0, 0.1) is 11.8 Å². The van der Waals surface area contributed by atoms with Crippen LogP contribution in [0.1, 0.15) is 103 Å². The topological polar surface area (TPSA) is 168 Å². The number of carbonyl (C=O) groups is 4. The number of ether oxygens (including phenoxy) is 3. The second-order valence-electron chi connectivity index (χ2n) is 17.6. The maximum Gasteiger partial charge on any atom is 0.407 e. The summed E-state index contributed by atoms with van der Waals surface area (Å²) in [6.07, 6.45) is 5.95. The van der Waals surface area contributed by atoms with Crippen LogP contribution in [0.25, 0.3) is 33.2 Å². The molecule has 4 aromatic rings. The van der Waals surface area contributed by atoms with Crippen molar-refractivity contribution < 1.29 is 33.4 Å². The zero-order chi connectivity index (χ0) is 44.0. The number of rotatable bonds is 11. The lowest BCUT2D eigenvalue weighted by molar-refractivity contribution is -0.138. The van der Waals surface area contributed by atoms with E-state index in [4.69, 9.17) is 24.2 Å². The third-order valence-corrected chi connectivity index (χ3v) is 13.9. The van der Waals surface area contributed by atoms with Gasteiger partial charge in [0.1, 0.15) is 30.3 Å². The van der Waals surface area contributed by atoms with Crippen LogP contribution >= 0.6 is 0 Å². The summed E-state index contributed by atoms with van der Waals surface area (Å²) in [5.74, 6) is 1.18. The predicted molar refractivity (Wildman–Crippen MR) is 237 cm³/mol. The standard InChI is InChI=1S/C48H59N7O7/c1-9-25(3)42(52-47(58)60-7)45(56)54-27(5)11-17-39(54)37-21-34-33-22-41-35(20-29(33)14-16-36(34)50-37)32-15-13-30(19-31(32)24-62-41)38-23-49-44(51-38)40-18-12-28(6)55(40)46(57)43(26(4)10-2)53-48(59)61-8/h13-16,19-20,22-23,25-28,39-40,42-43H,9-12,17-18,21,24H2,1-8H3,(H,49,51)(H,52,58)(H,53,59)/t25-,26-,27-,28-,39-,40-,42-,43?/m0/s1. The van der Waals surface area contributed by atoms with E-state index >= 15 is 0 Å². The van der Waals surface area contributed by atoms with Crippen molar-refractivity contribution in [2.45, 2.75) is 129 Å². The van der Waals surface area contributed by atoms with Gasteiger partial charge in [0.05, 0.1) is 43.9 Å². The van der Waals surface area contributed by atoms with Crippen molar-refractivity contribution in [3.8, 4) is 28.1 Å². The molecule has 2 saturated heterocycles. The number of hydrogen-bond acceptors (Lipinski definition) is 9. The van der Waals surface area contributed by atoms with Crippen LogP contribution in [0.5, 0.6) is 5.75 Å². The number of H-pyrrole nitrogens is 1. The number of nitrogens with one attached hydrogen (secondary N) is 3. The Balaban J connectivity index is 1.01. The number of aromatic amines is 1. The molecule has 2 fully saturated rings. The molecular weight excluding hydrogens is 787 g/mol. The van der Waals surface area contributed by atoms with Gasteiger partial charge in [-0.25, -0.2) is 14.6 Å². The van der Waals surface area contributed by atoms with Crippen LogP contribution in [0.4, 0.5) is 15.3 Å². The minimum atomic E-state index is -0.701. The number of nitrogens with zero attached hydrogens (tertiary/aromatic N) is 4. The smallest absolute Gasteiger partial charge is 0.407 e. The highest BCUT2D eigenvalue weighted by Gasteiger charge is 2.44. The Morgan fingerprint density at radius 2 is 1.45 bits per heavy atom. The molecule has 0 radical (unpaired) electrons. The molecule has 328 valence electrons. The summed E-state index contributed by atoms with van der Waals surface area (Å²) in [4.78, 5) is 70.0. The molecule has 0 aliphatic carbocycles. The summed E-state index contributed by atoms with van der Waals surface area (Å²) < 4.78 is 16.2. The number of amides is 4. The largest absolute Gasteiger partial charge is 0.488 e. The van der Waals surface area contributed by atoms with E-state index in [0.29, 0.717) is 13.0 Å². The Bertz CT molecular complexity index is 2430. The molecule has 1 aromatic heterocycles. The van der Waals surface area contributed by atoms with Crippen molar-refractivity contribution in [1.29, 1.82) is 0 Å². The van der Waals surface area contributed by atoms with Crippen molar-refractivity contribution >= 4 is 46.2 Å². The molecule has 4 aliphatic rings. The lowest BCUT2D eigenvalue weighted by atomic mass is 9.90. The van der Waals surface area contributed by atoms with Crippen LogP contribution in [0.3, 0.4) is 0 Å². The Morgan fingerprint density at radius 1 is 0.823 bits per heavy atom. The molecule has 62 heavy (non-hydrogen) atoms. The molecule has 3 aromatic carbocycles. The Kier molecular flexibility index (Phi) is 12.0. The molecule has 0 saturated carbocycles. The van der Waals surface area contributed by atoms with Gasteiger partial charge >= 0.3 is 12.2 Å². The fraction of sp³-hybridized carbons (Fsp3) is 0.500. The van der Waals surface area contributed by atoms with Gasteiger partial charge in [0.2, 0.25) is 11.8 Å². The predicted octanol–water partition coefficient (Wildman–Crippen LogP) is 8.39. The molecule has 3 N–H and O–H groups in total. The lowest BCUT2D eigenvalue weighted by Gasteiger charge is -2.34. The van der Waals surface area contributed by atoms with Crippen molar-refractivity contribution in [3.63, 3.8) is 0 Å². The Labute approximate surface area is 363 Å². The first-order valence-electron chi connectivity index (χ1n) is 22.2. The van der Waals surface area contributed by atoms with Gasteiger partial charge in [-0.05, 0) is 109 Å². The van der Waals surface area contributed by atoms with E-state index in [0.717, 1.165) is 106 Å². The fourth-order valence-corrected chi connectivity index (χ4v) is 9.91. The Hall–Kier alpha value is -5.92. The number of fused-ring (bicyclic) bond motifs is 6. The van der Waals surface area contributed by atoms with Gasteiger partial charge in [0.15, 0.2) is 0 Å². The molecule has 14 nitrogen and oxygen atoms in total. The minimum absolute atomic E-state index is 0.0116. The number of imidazole rings is 1. The van der Waals surface area contributed by atoms with Crippen molar-refractivity contribution in [3.05, 3.63) is 65.6 Å². The van der Waals surface area contributed by atoms with Gasteiger partial charge < -0.3 is 39.6 Å². The van der Waals surface area contributed by atoms with Crippen LogP contribution in [-0.4, -0.2) is 93.9 Å². The van der Waals surface area contributed by atoms with E-state index < -0.39 is 24.3 Å². The molecule has 4 amide bonds. The highest BCUT2D eigenvalue weighted by atomic mass is 16.5. The second kappa shape index (κ2) is 17.5. The fourth-order valence-electron chi connectivity index (χ4n) is 9.91. The molecule has 8 rings (SSSR count). The monoisotopic (exact) mass is 845 g/mol. The van der Waals surface area contributed by atoms with Crippen LogP contribution in [-0.2, 0) is 32.1 Å². The average Bonchev–Trinajstić information content (AvgIpc) is 4.11. The average molecular weight is 846 g/mol. The summed E-state index contributed by atoms with van der Waals surface area (Å²) in [7, 11) is 2.62. The van der Waals surface area contributed by atoms with Gasteiger partial charge in [-0.15, -0.1) is 0 Å².